The molecular weight excluding hydrogens is 338 g/mol. The van der Waals surface area contributed by atoms with Crippen LogP contribution in [-0.4, -0.2) is 42.4 Å². The van der Waals surface area contributed by atoms with Crippen LogP contribution in [0.2, 0.25) is 5.02 Å². The second-order valence-electron chi connectivity index (χ2n) is 7.06. The van der Waals surface area contributed by atoms with E-state index < -0.39 is 11.8 Å². The molecule has 0 atom stereocenters. The van der Waals surface area contributed by atoms with Gasteiger partial charge in [0.1, 0.15) is 0 Å². The molecule has 1 saturated carbocycles. The van der Waals surface area contributed by atoms with Gasteiger partial charge in [-0.15, -0.1) is 0 Å². The number of carbonyl (C=O) groups is 2. The van der Waals surface area contributed by atoms with Gasteiger partial charge in [0, 0.05) is 12.6 Å². The topological polar surface area (TPSA) is 61.4 Å². The highest BCUT2D eigenvalue weighted by molar-refractivity contribution is 6.41. The number of nitrogens with one attached hydrogen (secondary N) is 2. The number of nitrogens with zero attached hydrogens (tertiary/aromatic N) is 1. The van der Waals surface area contributed by atoms with Crippen LogP contribution >= 0.6 is 11.6 Å². The van der Waals surface area contributed by atoms with Gasteiger partial charge >= 0.3 is 11.8 Å². The van der Waals surface area contributed by atoms with Gasteiger partial charge < -0.3 is 15.5 Å². The molecule has 0 bridgehead atoms. The fraction of sp³-hybridized carbons (Fsp3) is 0.579. The molecule has 3 rings (SSSR count). The van der Waals surface area contributed by atoms with Gasteiger partial charge in [-0.05, 0) is 56.8 Å². The number of piperidine rings is 1. The Morgan fingerprint density at radius 3 is 2.40 bits per heavy atom. The maximum absolute atomic E-state index is 12.0. The minimum Gasteiger partial charge on any atom is -0.348 e. The van der Waals surface area contributed by atoms with E-state index in [-0.39, 0.29) is 0 Å². The average Bonchev–Trinajstić information content (AvgIpc) is 3.16. The Morgan fingerprint density at radius 2 is 1.72 bits per heavy atom. The first-order valence-corrected chi connectivity index (χ1v) is 9.59. The van der Waals surface area contributed by atoms with Crippen LogP contribution in [0.25, 0.3) is 0 Å². The molecule has 2 N–H and O–H groups in total. The lowest BCUT2D eigenvalue weighted by atomic mass is 9.95. The number of rotatable bonds is 4. The highest BCUT2D eigenvalue weighted by Crippen LogP contribution is 2.27. The molecule has 5 nitrogen and oxygen atoms in total. The van der Waals surface area contributed by atoms with Crippen LogP contribution < -0.4 is 10.6 Å². The number of benzene rings is 1. The van der Waals surface area contributed by atoms with E-state index in [1.807, 2.05) is 0 Å². The van der Waals surface area contributed by atoms with Crippen molar-refractivity contribution in [1.29, 1.82) is 0 Å². The fourth-order valence-corrected chi connectivity index (χ4v) is 4.03. The first-order chi connectivity index (χ1) is 12.1. The summed E-state index contributed by atoms with van der Waals surface area (Å²) in [4.78, 5) is 26.6. The quantitative estimate of drug-likeness (QED) is 0.808. The van der Waals surface area contributed by atoms with E-state index in [2.05, 4.69) is 15.5 Å². The zero-order chi connectivity index (χ0) is 17.6. The summed E-state index contributed by atoms with van der Waals surface area (Å²) in [6, 6.07) is 7.66. The summed E-state index contributed by atoms with van der Waals surface area (Å²) in [5.41, 5.74) is 0.453. The molecule has 0 unspecified atom stereocenters. The van der Waals surface area contributed by atoms with E-state index >= 15 is 0 Å². The summed E-state index contributed by atoms with van der Waals surface area (Å²) < 4.78 is 0. The van der Waals surface area contributed by atoms with Crippen LogP contribution in [0.4, 0.5) is 5.69 Å². The number of likely N-dealkylation sites (tertiary alicyclic amines) is 1. The zero-order valence-electron chi connectivity index (χ0n) is 14.5. The summed E-state index contributed by atoms with van der Waals surface area (Å²) in [7, 11) is 0. The monoisotopic (exact) mass is 363 g/mol. The van der Waals surface area contributed by atoms with Crippen molar-refractivity contribution < 1.29 is 9.59 Å². The van der Waals surface area contributed by atoms with E-state index in [1.54, 1.807) is 24.3 Å². The molecule has 2 aliphatic rings. The predicted octanol–water partition coefficient (Wildman–Crippen LogP) is 3.05. The smallest absolute Gasteiger partial charge is 0.313 e. The lowest BCUT2D eigenvalue weighted by Crippen LogP contribution is -2.44. The molecule has 0 spiro atoms. The lowest BCUT2D eigenvalue weighted by molar-refractivity contribution is -0.136. The third kappa shape index (κ3) is 4.95. The van der Waals surface area contributed by atoms with Crippen molar-refractivity contribution in [1.82, 2.24) is 10.2 Å². The van der Waals surface area contributed by atoms with Gasteiger partial charge in [-0.1, -0.05) is 36.6 Å². The SMILES string of the molecule is O=C(NCC1CCN(C2CCCC2)CC1)C(=O)Nc1ccccc1Cl. The number of amides is 2. The Balaban J connectivity index is 1.39. The number of hydrogen-bond acceptors (Lipinski definition) is 3. The van der Waals surface area contributed by atoms with Gasteiger partial charge in [0.15, 0.2) is 0 Å². The fourth-order valence-electron chi connectivity index (χ4n) is 3.85. The van der Waals surface area contributed by atoms with Crippen molar-refractivity contribution >= 4 is 29.1 Å². The molecule has 1 aromatic carbocycles. The molecule has 1 aliphatic heterocycles. The van der Waals surface area contributed by atoms with E-state index in [1.165, 1.54) is 25.7 Å². The van der Waals surface area contributed by atoms with Crippen molar-refractivity contribution in [3.63, 3.8) is 0 Å². The first kappa shape index (κ1) is 18.2. The maximum Gasteiger partial charge on any atom is 0.313 e. The maximum atomic E-state index is 12.0. The van der Waals surface area contributed by atoms with Gasteiger partial charge in [-0.3, -0.25) is 9.59 Å². The van der Waals surface area contributed by atoms with Crippen LogP contribution in [0.5, 0.6) is 0 Å². The molecule has 25 heavy (non-hydrogen) atoms. The number of anilines is 1. The van der Waals surface area contributed by atoms with Gasteiger partial charge in [-0.2, -0.15) is 0 Å². The van der Waals surface area contributed by atoms with Crippen LogP contribution in [0, 0.1) is 5.92 Å². The summed E-state index contributed by atoms with van der Waals surface area (Å²) in [6.07, 6.45) is 7.57. The minimum absolute atomic E-state index is 0.419. The van der Waals surface area contributed by atoms with Crippen molar-refractivity contribution in [2.75, 3.05) is 25.0 Å². The van der Waals surface area contributed by atoms with Gasteiger partial charge in [0.25, 0.3) is 0 Å². The molecule has 136 valence electrons. The van der Waals surface area contributed by atoms with Crippen LogP contribution in [-0.2, 0) is 9.59 Å². The van der Waals surface area contributed by atoms with Crippen molar-refractivity contribution in [3.05, 3.63) is 29.3 Å². The van der Waals surface area contributed by atoms with Crippen LogP contribution in [0.1, 0.15) is 38.5 Å². The first-order valence-electron chi connectivity index (χ1n) is 9.21. The molecule has 1 aliphatic carbocycles. The summed E-state index contributed by atoms with van der Waals surface area (Å²) >= 11 is 5.99. The number of para-hydroxylation sites is 1. The number of hydrogen-bond donors (Lipinski definition) is 2. The highest BCUT2D eigenvalue weighted by Gasteiger charge is 2.27. The summed E-state index contributed by atoms with van der Waals surface area (Å²) in [6.45, 7) is 2.78. The Kier molecular flexibility index (Phi) is 6.32. The predicted molar refractivity (Wildman–Crippen MR) is 99.6 cm³/mol. The Morgan fingerprint density at radius 1 is 1.04 bits per heavy atom. The van der Waals surface area contributed by atoms with Crippen molar-refractivity contribution in [2.45, 2.75) is 44.6 Å². The van der Waals surface area contributed by atoms with Gasteiger partial charge in [-0.25, -0.2) is 0 Å². The molecule has 2 fully saturated rings. The largest absolute Gasteiger partial charge is 0.348 e. The third-order valence-corrected chi connectivity index (χ3v) is 5.70. The van der Waals surface area contributed by atoms with E-state index in [0.717, 1.165) is 32.0 Å². The molecule has 1 aromatic rings. The summed E-state index contributed by atoms with van der Waals surface area (Å²) in [5, 5.41) is 5.73. The minimum atomic E-state index is -0.670. The molecule has 0 radical (unpaired) electrons. The number of carbonyl (C=O) groups excluding carboxylic acids is 2. The molecule has 0 aromatic heterocycles. The van der Waals surface area contributed by atoms with E-state index in [4.69, 9.17) is 11.6 Å². The second-order valence-corrected chi connectivity index (χ2v) is 7.47. The van der Waals surface area contributed by atoms with Crippen molar-refractivity contribution in [3.8, 4) is 0 Å². The standard InChI is InChI=1S/C19H26ClN3O2/c20-16-7-3-4-8-17(16)22-19(25)18(24)21-13-14-9-11-23(12-10-14)15-5-1-2-6-15/h3-4,7-8,14-15H,1-2,5-6,9-13H2,(H,21,24)(H,22,25). The van der Waals surface area contributed by atoms with E-state index in [0.29, 0.717) is 23.2 Å². The summed E-state index contributed by atoms with van der Waals surface area (Å²) in [5.74, 6) is -0.815. The van der Waals surface area contributed by atoms with Crippen LogP contribution in [0.15, 0.2) is 24.3 Å². The molecule has 2 amide bonds. The zero-order valence-corrected chi connectivity index (χ0v) is 15.2. The Hall–Kier alpha value is -1.59. The second kappa shape index (κ2) is 8.68. The lowest BCUT2D eigenvalue weighted by Gasteiger charge is -2.36. The molecule has 1 heterocycles. The Labute approximate surface area is 154 Å². The van der Waals surface area contributed by atoms with Gasteiger partial charge in [0.05, 0.1) is 10.7 Å². The number of halogens is 1. The molecular formula is C19H26ClN3O2. The average molecular weight is 364 g/mol. The van der Waals surface area contributed by atoms with Crippen molar-refractivity contribution in [2.24, 2.45) is 5.92 Å². The molecule has 1 saturated heterocycles. The highest BCUT2D eigenvalue weighted by atomic mass is 35.5. The molecule has 6 heteroatoms. The third-order valence-electron chi connectivity index (χ3n) is 5.37. The Bertz CT molecular complexity index is 608. The van der Waals surface area contributed by atoms with Gasteiger partial charge in [0.2, 0.25) is 0 Å². The normalized spacial score (nSPS) is 19.7. The van der Waals surface area contributed by atoms with E-state index in [9.17, 15) is 9.59 Å². The van der Waals surface area contributed by atoms with Crippen LogP contribution in [0.3, 0.4) is 0 Å².